The number of likely N-dealkylation sites (tertiary alicyclic amines) is 1. The molecule has 0 aromatic rings. The number of piperidine rings is 1. The number of amides is 4. The number of imide groups is 1. The lowest BCUT2D eigenvalue weighted by Crippen LogP contribution is -2.43. The molecule has 0 saturated carbocycles. The molecule has 118 valence electrons. The molecule has 0 spiro atoms. The maximum Gasteiger partial charge on any atom is 0.325 e. The molecule has 2 saturated heterocycles. The Balaban J connectivity index is 1.66. The van der Waals surface area contributed by atoms with Crippen molar-refractivity contribution in [3.63, 3.8) is 0 Å². The molecule has 2 rings (SSSR count). The van der Waals surface area contributed by atoms with Crippen LogP contribution in [0, 0.1) is 5.92 Å². The van der Waals surface area contributed by atoms with Crippen LogP contribution in [0.15, 0.2) is 0 Å². The minimum absolute atomic E-state index is 0.0164. The standard InChI is InChI=1S/C14H24N4O3/c1-11(9-17-5-3-2-4-6-17)7-15-12(19)10-18-13(20)8-16-14(18)21/h11H,2-10H2,1H3,(H,15,19)(H,16,21). The number of rotatable bonds is 6. The van der Waals surface area contributed by atoms with Gasteiger partial charge in [-0.15, -0.1) is 0 Å². The number of nitrogens with one attached hydrogen (secondary N) is 2. The Labute approximate surface area is 125 Å². The minimum atomic E-state index is -0.489. The molecule has 0 bridgehead atoms. The highest BCUT2D eigenvalue weighted by molar-refractivity contribution is 6.04. The van der Waals surface area contributed by atoms with Crippen molar-refractivity contribution in [3.05, 3.63) is 0 Å². The maximum absolute atomic E-state index is 11.8. The zero-order valence-corrected chi connectivity index (χ0v) is 12.6. The second kappa shape index (κ2) is 7.40. The molecule has 7 heteroatoms. The SMILES string of the molecule is CC(CNC(=O)CN1C(=O)CNC1=O)CN1CCCCC1. The summed E-state index contributed by atoms with van der Waals surface area (Å²) in [6, 6.07) is -0.489. The van der Waals surface area contributed by atoms with E-state index in [1.807, 2.05) is 0 Å². The summed E-state index contributed by atoms with van der Waals surface area (Å²) in [5, 5.41) is 5.20. The van der Waals surface area contributed by atoms with Crippen LogP contribution in [-0.2, 0) is 9.59 Å². The minimum Gasteiger partial charge on any atom is -0.354 e. The highest BCUT2D eigenvalue weighted by Crippen LogP contribution is 2.10. The zero-order valence-electron chi connectivity index (χ0n) is 12.6. The van der Waals surface area contributed by atoms with Gasteiger partial charge in [0.05, 0.1) is 6.54 Å². The summed E-state index contributed by atoms with van der Waals surface area (Å²) < 4.78 is 0. The van der Waals surface area contributed by atoms with Crippen LogP contribution in [0.1, 0.15) is 26.2 Å². The number of hydrogen-bond acceptors (Lipinski definition) is 4. The Bertz CT molecular complexity index is 391. The molecule has 2 N–H and O–H groups in total. The number of carbonyl (C=O) groups is 3. The number of hydrogen-bond donors (Lipinski definition) is 2. The molecule has 7 nitrogen and oxygen atoms in total. The van der Waals surface area contributed by atoms with Gasteiger partial charge in [-0.1, -0.05) is 13.3 Å². The topological polar surface area (TPSA) is 81.8 Å². The first-order valence-electron chi connectivity index (χ1n) is 7.63. The van der Waals surface area contributed by atoms with E-state index in [9.17, 15) is 14.4 Å². The molecule has 2 aliphatic heterocycles. The molecule has 2 aliphatic rings. The molecule has 2 fully saturated rings. The van der Waals surface area contributed by atoms with Crippen LogP contribution < -0.4 is 10.6 Å². The van der Waals surface area contributed by atoms with Gasteiger partial charge in [0.15, 0.2) is 0 Å². The predicted octanol–water partition coefficient (Wildman–Crippen LogP) is -0.224. The quantitative estimate of drug-likeness (QED) is 0.664. The first kappa shape index (κ1) is 15.8. The average Bonchev–Trinajstić information content (AvgIpc) is 2.78. The van der Waals surface area contributed by atoms with Crippen molar-refractivity contribution in [3.8, 4) is 0 Å². The van der Waals surface area contributed by atoms with Crippen molar-refractivity contribution in [2.75, 3.05) is 39.3 Å². The van der Waals surface area contributed by atoms with Gasteiger partial charge < -0.3 is 15.5 Å². The van der Waals surface area contributed by atoms with E-state index >= 15 is 0 Å². The van der Waals surface area contributed by atoms with Gasteiger partial charge >= 0.3 is 6.03 Å². The fourth-order valence-electron chi connectivity index (χ4n) is 2.75. The van der Waals surface area contributed by atoms with E-state index in [1.54, 1.807) is 0 Å². The number of nitrogens with zero attached hydrogens (tertiary/aromatic N) is 2. The smallest absolute Gasteiger partial charge is 0.325 e. The average molecular weight is 296 g/mol. The molecule has 21 heavy (non-hydrogen) atoms. The lowest BCUT2D eigenvalue weighted by atomic mass is 10.1. The lowest BCUT2D eigenvalue weighted by Gasteiger charge is -2.29. The van der Waals surface area contributed by atoms with Gasteiger partial charge in [-0.25, -0.2) is 4.79 Å². The third-order valence-electron chi connectivity index (χ3n) is 3.91. The normalized spacial score (nSPS) is 21.3. The number of urea groups is 1. The van der Waals surface area contributed by atoms with Crippen LogP contribution in [0.5, 0.6) is 0 Å². The van der Waals surface area contributed by atoms with Gasteiger partial charge in [-0.05, 0) is 31.8 Å². The maximum atomic E-state index is 11.8. The highest BCUT2D eigenvalue weighted by Gasteiger charge is 2.30. The molecular formula is C14H24N4O3. The van der Waals surface area contributed by atoms with E-state index in [2.05, 4.69) is 22.5 Å². The summed E-state index contributed by atoms with van der Waals surface area (Å²) in [4.78, 5) is 37.9. The van der Waals surface area contributed by atoms with Crippen LogP contribution in [0.4, 0.5) is 4.79 Å². The van der Waals surface area contributed by atoms with Crippen LogP contribution in [0.25, 0.3) is 0 Å². The van der Waals surface area contributed by atoms with Crippen LogP contribution in [0.2, 0.25) is 0 Å². The Hall–Kier alpha value is -1.63. The van der Waals surface area contributed by atoms with Gasteiger partial charge in [0, 0.05) is 13.1 Å². The summed E-state index contributed by atoms with van der Waals surface area (Å²) in [7, 11) is 0. The molecule has 2 heterocycles. The lowest BCUT2D eigenvalue weighted by molar-refractivity contribution is -0.130. The van der Waals surface area contributed by atoms with Crippen molar-refractivity contribution in [2.24, 2.45) is 5.92 Å². The van der Waals surface area contributed by atoms with E-state index in [0.29, 0.717) is 12.5 Å². The molecule has 1 unspecified atom stereocenters. The first-order valence-corrected chi connectivity index (χ1v) is 7.63. The Morgan fingerprint density at radius 3 is 2.62 bits per heavy atom. The molecule has 0 aromatic heterocycles. The fraction of sp³-hybridized carbons (Fsp3) is 0.786. The van der Waals surface area contributed by atoms with E-state index in [0.717, 1.165) is 24.5 Å². The van der Waals surface area contributed by atoms with Crippen molar-refractivity contribution >= 4 is 17.8 Å². The van der Waals surface area contributed by atoms with Gasteiger partial charge in [0.25, 0.3) is 5.91 Å². The fourth-order valence-corrected chi connectivity index (χ4v) is 2.75. The van der Waals surface area contributed by atoms with Crippen molar-refractivity contribution in [2.45, 2.75) is 26.2 Å². The Kier molecular flexibility index (Phi) is 5.55. The van der Waals surface area contributed by atoms with Gasteiger partial charge in [-0.2, -0.15) is 0 Å². The van der Waals surface area contributed by atoms with E-state index in [4.69, 9.17) is 0 Å². The van der Waals surface area contributed by atoms with Crippen LogP contribution in [0.3, 0.4) is 0 Å². The summed E-state index contributed by atoms with van der Waals surface area (Å²) in [6.45, 7) is 5.71. The largest absolute Gasteiger partial charge is 0.354 e. The Morgan fingerprint density at radius 2 is 2.00 bits per heavy atom. The van der Waals surface area contributed by atoms with Crippen molar-refractivity contribution < 1.29 is 14.4 Å². The monoisotopic (exact) mass is 296 g/mol. The molecule has 0 aromatic carbocycles. The van der Waals surface area contributed by atoms with Gasteiger partial charge in [0.2, 0.25) is 5.91 Å². The molecule has 1 atom stereocenters. The highest BCUT2D eigenvalue weighted by atomic mass is 16.2. The summed E-state index contributed by atoms with van der Waals surface area (Å²) in [5.74, 6) is -0.280. The zero-order chi connectivity index (χ0) is 15.2. The Morgan fingerprint density at radius 1 is 1.29 bits per heavy atom. The third kappa shape index (κ3) is 4.70. The molecule has 0 radical (unpaired) electrons. The van der Waals surface area contributed by atoms with Crippen molar-refractivity contribution in [1.29, 1.82) is 0 Å². The van der Waals surface area contributed by atoms with E-state index < -0.39 is 6.03 Å². The van der Waals surface area contributed by atoms with Crippen LogP contribution >= 0.6 is 0 Å². The molecule has 4 amide bonds. The second-order valence-electron chi connectivity index (χ2n) is 5.91. The summed E-state index contributed by atoms with van der Waals surface area (Å²) >= 11 is 0. The van der Waals surface area contributed by atoms with E-state index in [-0.39, 0.29) is 24.9 Å². The summed E-state index contributed by atoms with van der Waals surface area (Å²) in [6.07, 6.45) is 3.82. The van der Waals surface area contributed by atoms with E-state index in [1.165, 1.54) is 19.3 Å². The third-order valence-corrected chi connectivity index (χ3v) is 3.91. The molecule has 0 aliphatic carbocycles. The van der Waals surface area contributed by atoms with Gasteiger partial charge in [0.1, 0.15) is 6.54 Å². The predicted molar refractivity (Wildman–Crippen MR) is 77.6 cm³/mol. The van der Waals surface area contributed by atoms with Crippen molar-refractivity contribution in [1.82, 2.24) is 20.4 Å². The van der Waals surface area contributed by atoms with Crippen LogP contribution in [-0.4, -0.2) is 66.9 Å². The second-order valence-corrected chi connectivity index (χ2v) is 5.91. The van der Waals surface area contributed by atoms with Gasteiger partial charge in [-0.3, -0.25) is 14.5 Å². The number of carbonyl (C=O) groups excluding carboxylic acids is 3. The summed E-state index contributed by atoms with van der Waals surface area (Å²) in [5.41, 5.74) is 0. The molecular weight excluding hydrogens is 272 g/mol. The first-order chi connectivity index (χ1) is 10.1.